The zero-order valence-electron chi connectivity index (χ0n) is 17.5. The largest absolute Gasteiger partial charge is 0.494 e. The summed E-state index contributed by atoms with van der Waals surface area (Å²) in [5.74, 6) is 0.487. The topological polar surface area (TPSA) is 75.6 Å². The standard InChI is InChI=1S/C25H22N4O2S/c1-2-31-22-10-6-7-18(15-22)16-26-29-24(30)20-13-11-19(12-14-20)23-17-32-25(28-23)27-21-8-4-3-5-9-21/h3-17H,2H2,1H3,(H,27,28)(H,29,30)/b26-16-. The van der Waals surface area contributed by atoms with Gasteiger partial charge in [-0.05, 0) is 48.9 Å². The van der Waals surface area contributed by atoms with Crippen molar-refractivity contribution in [3.05, 3.63) is 95.4 Å². The number of carbonyl (C=O) groups excluding carboxylic acids is 1. The van der Waals surface area contributed by atoms with Crippen LogP contribution in [0.3, 0.4) is 0 Å². The summed E-state index contributed by atoms with van der Waals surface area (Å²) >= 11 is 1.53. The van der Waals surface area contributed by atoms with Crippen molar-refractivity contribution in [3.63, 3.8) is 0 Å². The van der Waals surface area contributed by atoms with E-state index >= 15 is 0 Å². The van der Waals surface area contributed by atoms with E-state index in [0.717, 1.165) is 33.4 Å². The summed E-state index contributed by atoms with van der Waals surface area (Å²) in [6, 6.07) is 24.7. The summed E-state index contributed by atoms with van der Waals surface area (Å²) in [5.41, 5.74) is 6.70. The first-order valence-corrected chi connectivity index (χ1v) is 11.0. The highest BCUT2D eigenvalue weighted by Crippen LogP contribution is 2.27. The molecule has 32 heavy (non-hydrogen) atoms. The Kier molecular flexibility index (Phi) is 6.89. The maximum Gasteiger partial charge on any atom is 0.271 e. The van der Waals surface area contributed by atoms with Gasteiger partial charge in [0.2, 0.25) is 0 Å². The first kappa shape index (κ1) is 21.3. The fourth-order valence-corrected chi connectivity index (χ4v) is 3.72. The monoisotopic (exact) mass is 442 g/mol. The average molecular weight is 443 g/mol. The average Bonchev–Trinajstić information content (AvgIpc) is 3.29. The van der Waals surface area contributed by atoms with Gasteiger partial charge in [-0.15, -0.1) is 11.3 Å². The van der Waals surface area contributed by atoms with Gasteiger partial charge in [0, 0.05) is 22.2 Å². The number of ether oxygens (including phenoxy) is 1. The lowest BCUT2D eigenvalue weighted by Crippen LogP contribution is -2.17. The third kappa shape index (κ3) is 5.59. The molecule has 0 saturated heterocycles. The highest BCUT2D eigenvalue weighted by molar-refractivity contribution is 7.14. The second kappa shape index (κ2) is 10.4. The summed E-state index contributed by atoms with van der Waals surface area (Å²) < 4.78 is 5.46. The van der Waals surface area contributed by atoms with Gasteiger partial charge in [0.25, 0.3) is 5.91 Å². The number of hydrazone groups is 1. The van der Waals surface area contributed by atoms with Gasteiger partial charge in [0.15, 0.2) is 5.13 Å². The van der Waals surface area contributed by atoms with Gasteiger partial charge in [-0.25, -0.2) is 10.4 Å². The molecule has 2 N–H and O–H groups in total. The molecule has 3 aromatic carbocycles. The van der Waals surface area contributed by atoms with Crippen molar-refractivity contribution in [2.45, 2.75) is 6.92 Å². The van der Waals surface area contributed by atoms with E-state index in [1.165, 1.54) is 11.3 Å². The molecule has 0 atom stereocenters. The fraction of sp³-hybridized carbons (Fsp3) is 0.0800. The highest BCUT2D eigenvalue weighted by Gasteiger charge is 2.08. The van der Waals surface area contributed by atoms with E-state index in [0.29, 0.717) is 12.2 Å². The molecule has 0 radical (unpaired) electrons. The van der Waals surface area contributed by atoms with Crippen molar-refractivity contribution < 1.29 is 9.53 Å². The number of anilines is 2. The molecule has 1 aromatic heterocycles. The van der Waals surface area contributed by atoms with Crippen molar-refractivity contribution in [2.24, 2.45) is 5.10 Å². The van der Waals surface area contributed by atoms with Gasteiger partial charge >= 0.3 is 0 Å². The minimum atomic E-state index is -0.279. The van der Waals surface area contributed by atoms with Crippen LogP contribution in [0.4, 0.5) is 10.8 Å². The van der Waals surface area contributed by atoms with Gasteiger partial charge in [0.05, 0.1) is 18.5 Å². The highest BCUT2D eigenvalue weighted by atomic mass is 32.1. The molecule has 4 aromatic rings. The molecule has 7 heteroatoms. The zero-order valence-corrected chi connectivity index (χ0v) is 18.3. The van der Waals surface area contributed by atoms with Crippen LogP contribution in [0.5, 0.6) is 5.75 Å². The van der Waals surface area contributed by atoms with E-state index < -0.39 is 0 Å². The van der Waals surface area contributed by atoms with Crippen molar-refractivity contribution >= 4 is 34.3 Å². The van der Waals surface area contributed by atoms with E-state index in [2.05, 4.69) is 20.8 Å². The summed E-state index contributed by atoms with van der Waals surface area (Å²) in [6.07, 6.45) is 1.59. The molecule has 1 heterocycles. The van der Waals surface area contributed by atoms with Crippen LogP contribution < -0.4 is 15.5 Å². The smallest absolute Gasteiger partial charge is 0.271 e. The lowest BCUT2D eigenvalue weighted by molar-refractivity contribution is 0.0955. The van der Waals surface area contributed by atoms with Crippen molar-refractivity contribution in [1.29, 1.82) is 0 Å². The minimum absolute atomic E-state index is 0.279. The number of carbonyl (C=O) groups is 1. The molecular formula is C25H22N4O2S. The van der Waals surface area contributed by atoms with Gasteiger partial charge in [-0.3, -0.25) is 4.79 Å². The van der Waals surface area contributed by atoms with Crippen LogP contribution in [-0.2, 0) is 0 Å². The molecule has 0 aliphatic rings. The lowest BCUT2D eigenvalue weighted by atomic mass is 10.1. The lowest BCUT2D eigenvalue weighted by Gasteiger charge is -2.04. The number of rotatable bonds is 8. The second-order valence-electron chi connectivity index (χ2n) is 6.81. The predicted molar refractivity (Wildman–Crippen MR) is 130 cm³/mol. The molecular weight excluding hydrogens is 420 g/mol. The number of nitrogens with zero attached hydrogens (tertiary/aromatic N) is 2. The quantitative estimate of drug-likeness (QED) is 0.270. The fourth-order valence-electron chi connectivity index (χ4n) is 2.98. The van der Waals surface area contributed by atoms with Crippen molar-refractivity contribution in [1.82, 2.24) is 10.4 Å². The predicted octanol–water partition coefficient (Wildman–Crippen LogP) is 5.72. The molecule has 160 valence electrons. The van der Waals surface area contributed by atoms with E-state index in [-0.39, 0.29) is 5.91 Å². The molecule has 0 bridgehead atoms. The van der Waals surface area contributed by atoms with Gasteiger partial charge in [-0.1, -0.05) is 42.5 Å². The molecule has 1 amide bonds. The van der Waals surface area contributed by atoms with E-state index in [1.54, 1.807) is 18.3 Å². The summed E-state index contributed by atoms with van der Waals surface area (Å²) in [6.45, 7) is 2.53. The third-order valence-corrected chi connectivity index (χ3v) is 5.28. The maximum absolute atomic E-state index is 12.4. The molecule has 0 fully saturated rings. The van der Waals surface area contributed by atoms with E-state index in [1.807, 2.05) is 79.0 Å². The van der Waals surface area contributed by atoms with Gasteiger partial charge in [0.1, 0.15) is 5.75 Å². The number of nitrogens with one attached hydrogen (secondary N) is 2. The Labute approximate surface area is 190 Å². The molecule has 0 aliphatic carbocycles. The number of thiazole rings is 1. The molecule has 0 unspecified atom stereocenters. The Morgan fingerprint density at radius 2 is 1.88 bits per heavy atom. The Hall–Kier alpha value is -3.97. The first-order valence-electron chi connectivity index (χ1n) is 10.2. The van der Waals surface area contributed by atoms with Crippen molar-refractivity contribution in [3.8, 4) is 17.0 Å². The molecule has 0 aliphatic heterocycles. The number of benzene rings is 3. The van der Waals surface area contributed by atoms with E-state index in [9.17, 15) is 4.79 Å². The number of aromatic nitrogens is 1. The Morgan fingerprint density at radius 3 is 2.66 bits per heavy atom. The van der Waals surface area contributed by atoms with Crippen LogP contribution in [-0.4, -0.2) is 23.7 Å². The van der Waals surface area contributed by atoms with Gasteiger partial charge in [-0.2, -0.15) is 5.10 Å². The summed E-state index contributed by atoms with van der Waals surface area (Å²) in [5, 5.41) is 10.1. The Morgan fingerprint density at radius 1 is 1.06 bits per heavy atom. The van der Waals surface area contributed by atoms with Crippen LogP contribution in [0.1, 0.15) is 22.8 Å². The number of hydrogen-bond donors (Lipinski definition) is 2. The van der Waals surface area contributed by atoms with E-state index in [4.69, 9.17) is 4.74 Å². The van der Waals surface area contributed by atoms with Crippen molar-refractivity contribution in [2.75, 3.05) is 11.9 Å². The summed E-state index contributed by atoms with van der Waals surface area (Å²) in [7, 11) is 0. The van der Waals surface area contributed by atoms with Gasteiger partial charge < -0.3 is 10.1 Å². The normalized spacial score (nSPS) is 10.8. The minimum Gasteiger partial charge on any atom is -0.494 e. The van der Waals surface area contributed by atoms with Crippen LogP contribution in [0.15, 0.2) is 89.3 Å². The molecule has 0 saturated carbocycles. The third-order valence-electron chi connectivity index (χ3n) is 4.52. The van der Waals surface area contributed by atoms with Crippen LogP contribution in [0, 0.1) is 0 Å². The Bertz CT molecular complexity index is 1200. The molecule has 4 rings (SSSR count). The summed E-state index contributed by atoms with van der Waals surface area (Å²) in [4.78, 5) is 17.0. The zero-order chi connectivity index (χ0) is 22.2. The van der Waals surface area contributed by atoms with Crippen LogP contribution in [0.25, 0.3) is 11.3 Å². The number of para-hydroxylation sites is 1. The molecule has 6 nitrogen and oxygen atoms in total. The first-order chi connectivity index (χ1) is 15.7. The number of hydrogen-bond acceptors (Lipinski definition) is 6. The SMILES string of the molecule is CCOc1cccc(/C=N\NC(=O)c2ccc(-c3csc(Nc4ccccc4)n3)cc2)c1. The van der Waals surface area contributed by atoms with Crippen LogP contribution in [0.2, 0.25) is 0 Å². The Balaban J connectivity index is 1.36. The molecule has 0 spiro atoms. The second-order valence-corrected chi connectivity index (χ2v) is 7.67. The number of amides is 1. The van der Waals surface area contributed by atoms with Crippen LogP contribution >= 0.6 is 11.3 Å². The maximum atomic E-state index is 12.4.